The summed E-state index contributed by atoms with van der Waals surface area (Å²) in [6.45, 7) is 0. The number of thioether (sulfide) groups is 1. The van der Waals surface area contributed by atoms with Crippen molar-refractivity contribution in [2.75, 3.05) is 10.2 Å². The number of amides is 4. The Morgan fingerprint density at radius 3 is 2.46 bits per heavy atom. The normalized spacial score (nSPS) is 15.2. The minimum Gasteiger partial charge on any atom is -0.465 e. The Morgan fingerprint density at radius 1 is 0.927 bits per heavy atom. The maximum Gasteiger partial charge on any atom is 0.272 e. The number of hydrogen-bond donors (Lipinski definition) is 2. The Balaban J connectivity index is 1.30. The molecule has 0 bridgehead atoms. The van der Waals surface area contributed by atoms with Crippen molar-refractivity contribution >= 4 is 76.0 Å². The molecule has 41 heavy (non-hydrogen) atoms. The molecule has 3 aromatic carbocycles. The van der Waals surface area contributed by atoms with Crippen molar-refractivity contribution < 1.29 is 23.6 Å². The highest BCUT2D eigenvalue weighted by Gasteiger charge is 2.40. The molecule has 0 saturated carbocycles. The highest BCUT2D eigenvalue weighted by Crippen LogP contribution is 2.36. The number of hydrogen-bond acceptors (Lipinski definition) is 6. The Bertz CT molecular complexity index is 1660. The van der Waals surface area contributed by atoms with Gasteiger partial charge in [0.15, 0.2) is 0 Å². The lowest BCUT2D eigenvalue weighted by Gasteiger charge is -2.16. The summed E-state index contributed by atoms with van der Waals surface area (Å²) in [6.07, 6.45) is 2.88. The van der Waals surface area contributed by atoms with Gasteiger partial charge in [-0.1, -0.05) is 47.5 Å². The third kappa shape index (κ3) is 6.71. The molecule has 0 unspecified atom stereocenters. The van der Waals surface area contributed by atoms with Gasteiger partial charge in [0.2, 0.25) is 11.8 Å². The highest BCUT2D eigenvalue weighted by atomic mass is 35.5. The van der Waals surface area contributed by atoms with Crippen LogP contribution < -0.4 is 15.5 Å². The summed E-state index contributed by atoms with van der Waals surface area (Å²) in [5.41, 5.74) is 1.14. The van der Waals surface area contributed by atoms with Gasteiger partial charge in [0.1, 0.15) is 11.5 Å². The van der Waals surface area contributed by atoms with E-state index in [4.69, 9.17) is 27.6 Å². The van der Waals surface area contributed by atoms with E-state index in [2.05, 4.69) is 10.6 Å². The summed E-state index contributed by atoms with van der Waals surface area (Å²) in [5.74, 6) is -1.38. The molecule has 11 heteroatoms. The van der Waals surface area contributed by atoms with E-state index in [9.17, 15) is 19.2 Å². The van der Waals surface area contributed by atoms with Crippen molar-refractivity contribution in [3.63, 3.8) is 0 Å². The first-order valence-corrected chi connectivity index (χ1v) is 13.9. The molecule has 0 aliphatic carbocycles. The number of halogens is 2. The summed E-state index contributed by atoms with van der Waals surface area (Å²) in [5, 5.41) is 5.32. The van der Waals surface area contributed by atoms with Crippen LogP contribution in [0.1, 0.15) is 22.5 Å². The summed E-state index contributed by atoms with van der Waals surface area (Å²) in [4.78, 5) is 53.6. The molecular weight excluding hydrogens is 585 g/mol. The summed E-state index contributed by atoms with van der Waals surface area (Å²) < 4.78 is 5.33. The molecule has 4 aromatic rings. The van der Waals surface area contributed by atoms with E-state index < -0.39 is 17.1 Å². The van der Waals surface area contributed by atoms with Crippen LogP contribution in [-0.2, 0) is 14.4 Å². The van der Waals surface area contributed by atoms with Gasteiger partial charge in [-0.3, -0.25) is 19.2 Å². The van der Waals surface area contributed by atoms with Gasteiger partial charge in [0.25, 0.3) is 11.8 Å². The van der Waals surface area contributed by atoms with Crippen LogP contribution in [0.2, 0.25) is 10.0 Å². The van der Waals surface area contributed by atoms with Crippen molar-refractivity contribution in [3.05, 3.63) is 118 Å². The van der Waals surface area contributed by atoms with Crippen molar-refractivity contribution in [2.24, 2.45) is 0 Å². The van der Waals surface area contributed by atoms with Crippen LogP contribution in [0.3, 0.4) is 0 Å². The van der Waals surface area contributed by atoms with E-state index >= 15 is 0 Å². The van der Waals surface area contributed by atoms with Crippen molar-refractivity contribution in [3.8, 4) is 0 Å². The number of imide groups is 1. The van der Waals surface area contributed by atoms with Gasteiger partial charge in [-0.05, 0) is 60.7 Å². The molecule has 1 aliphatic heterocycles. The number of benzene rings is 3. The monoisotopic (exact) mass is 605 g/mol. The number of rotatable bonds is 8. The largest absolute Gasteiger partial charge is 0.465 e. The van der Waals surface area contributed by atoms with Crippen molar-refractivity contribution in [2.45, 2.75) is 16.6 Å². The molecule has 1 aromatic heterocycles. The van der Waals surface area contributed by atoms with E-state index in [-0.39, 0.29) is 29.0 Å². The van der Waals surface area contributed by atoms with Gasteiger partial charge < -0.3 is 15.1 Å². The fourth-order valence-corrected chi connectivity index (χ4v) is 5.46. The molecule has 2 heterocycles. The van der Waals surface area contributed by atoms with Crippen LogP contribution in [-0.4, -0.2) is 28.9 Å². The fourth-order valence-electron chi connectivity index (χ4n) is 4.06. The van der Waals surface area contributed by atoms with Gasteiger partial charge in [-0.2, -0.15) is 0 Å². The van der Waals surface area contributed by atoms with E-state index in [1.54, 1.807) is 72.8 Å². The van der Waals surface area contributed by atoms with E-state index in [0.717, 1.165) is 4.90 Å². The lowest BCUT2D eigenvalue weighted by Crippen LogP contribution is -2.31. The van der Waals surface area contributed by atoms with Crippen molar-refractivity contribution in [1.82, 2.24) is 5.32 Å². The molecule has 1 fully saturated rings. The lowest BCUT2D eigenvalue weighted by molar-refractivity contribution is -0.121. The molecule has 206 valence electrons. The summed E-state index contributed by atoms with van der Waals surface area (Å²) >= 11 is 13.3. The average molecular weight is 606 g/mol. The van der Waals surface area contributed by atoms with Gasteiger partial charge in [0.05, 0.1) is 27.2 Å². The molecule has 0 radical (unpaired) electrons. The molecule has 1 aliphatic rings. The Labute approximate surface area is 249 Å². The van der Waals surface area contributed by atoms with Gasteiger partial charge in [-0.25, -0.2) is 4.90 Å². The lowest BCUT2D eigenvalue weighted by atomic mass is 10.2. The SMILES string of the molecule is O=C(Nc1cccc(S[C@H]2CC(=O)N(c3ccc(Cl)c(Cl)c3)C2=O)c1)/C(=C\c1ccco1)NC(=O)c1ccccc1. The third-order valence-electron chi connectivity index (χ3n) is 6.00. The number of carbonyl (C=O) groups excluding carboxylic acids is 4. The maximum absolute atomic E-state index is 13.2. The predicted octanol–water partition coefficient (Wildman–Crippen LogP) is 6.42. The highest BCUT2D eigenvalue weighted by molar-refractivity contribution is 8.00. The van der Waals surface area contributed by atoms with Crippen LogP contribution >= 0.6 is 35.0 Å². The van der Waals surface area contributed by atoms with Gasteiger partial charge in [-0.15, -0.1) is 11.8 Å². The summed E-state index contributed by atoms with van der Waals surface area (Å²) in [7, 11) is 0. The first-order chi connectivity index (χ1) is 19.8. The molecule has 0 spiro atoms. The zero-order valence-electron chi connectivity index (χ0n) is 21.2. The zero-order valence-corrected chi connectivity index (χ0v) is 23.5. The molecule has 1 atom stereocenters. The average Bonchev–Trinajstić information content (AvgIpc) is 3.57. The van der Waals surface area contributed by atoms with Crippen LogP contribution in [0.5, 0.6) is 0 Å². The third-order valence-corrected chi connectivity index (χ3v) is 7.91. The molecule has 8 nitrogen and oxygen atoms in total. The second-order valence-corrected chi connectivity index (χ2v) is 10.9. The number of nitrogens with zero attached hydrogens (tertiary/aromatic N) is 1. The smallest absolute Gasteiger partial charge is 0.272 e. The minimum absolute atomic E-state index is 0.00187. The second kappa shape index (κ2) is 12.5. The van der Waals surface area contributed by atoms with Crippen LogP contribution in [0, 0.1) is 0 Å². The number of nitrogens with one attached hydrogen (secondary N) is 2. The summed E-state index contributed by atoms with van der Waals surface area (Å²) in [6, 6.07) is 23.3. The number of anilines is 2. The fraction of sp³-hybridized carbons (Fsp3) is 0.0667. The molecule has 4 amide bonds. The first-order valence-electron chi connectivity index (χ1n) is 12.3. The van der Waals surface area contributed by atoms with Crippen LogP contribution in [0.4, 0.5) is 11.4 Å². The molecule has 1 saturated heterocycles. The first kappa shape index (κ1) is 28.2. The molecule has 5 rings (SSSR count). The Kier molecular flexibility index (Phi) is 8.58. The number of carbonyl (C=O) groups is 4. The van der Waals surface area contributed by atoms with Crippen LogP contribution in [0.15, 0.2) is 106 Å². The molecule has 2 N–H and O–H groups in total. The topological polar surface area (TPSA) is 109 Å². The maximum atomic E-state index is 13.2. The van der Waals surface area contributed by atoms with E-state index in [0.29, 0.717) is 32.6 Å². The second-order valence-electron chi connectivity index (χ2n) is 8.85. The van der Waals surface area contributed by atoms with Gasteiger partial charge in [0, 0.05) is 28.6 Å². The van der Waals surface area contributed by atoms with E-state index in [1.165, 1.54) is 36.2 Å². The van der Waals surface area contributed by atoms with Crippen molar-refractivity contribution in [1.29, 1.82) is 0 Å². The Hall–Kier alpha value is -4.31. The predicted molar refractivity (Wildman–Crippen MR) is 159 cm³/mol. The quantitative estimate of drug-likeness (QED) is 0.177. The molecular formula is C30H21Cl2N3O5S. The van der Waals surface area contributed by atoms with E-state index in [1.807, 2.05) is 0 Å². The number of furan rings is 1. The van der Waals surface area contributed by atoms with Crippen LogP contribution in [0.25, 0.3) is 6.08 Å². The standard InChI is InChI=1S/C30H21Cl2N3O5S/c31-23-12-11-20(15-24(23)32)35-27(36)17-26(30(35)39)41-22-10-4-8-19(14-22)33-29(38)25(16-21-9-5-13-40-21)34-28(37)18-6-2-1-3-7-18/h1-16,26H,17H2,(H,33,38)(H,34,37)/b25-16+/t26-/m0/s1. The minimum atomic E-state index is -0.664. The zero-order chi connectivity index (χ0) is 28.9. The van der Waals surface area contributed by atoms with Gasteiger partial charge >= 0.3 is 0 Å². The Morgan fingerprint density at radius 2 is 1.73 bits per heavy atom.